The zero-order valence-corrected chi connectivity index (χ0v) is 10.8. The van der Waals surface area contributed by atoms with Crippen molar-refractivity contribution in [2.45, 2.75) is 32.5 Å². The average Bonchev–Trinajstić information content (AvgIpc) is 2.95. The Morgan fingerprint density at radius 3 is 2.94 bits per heavy atom. The quantitative estimate of drug-likeness (QED) is 0.892. The molecule has 18 heavy (non-hydrogen) atoms. The third-order valence-electron chi connectivity index (χ3n) is 3.72. The van der Waals surface area contributed by atoms with E-state index >= 15 is 0 Å². The summed E-state index contributed by atoms with van der Waals surface area (Å²) in [6.07, 6.45) is 1.10. The fourth-order valence-electron chi connectivity index (χ4n) is 2.77. The summed E-state index contributed by atoms with van der Waals surface area (Å²) in [6, 6.07) is 8.81. The Morgan fingerprint density at radius 1 is 1.39 bits per heavy atom. The molecule has 4 heteroatoms. The molecule has 0 amide bonds. The van der Waals surface area contributed by atoms with E-state index in [0.29, 0.717) is 6.04 Å². The van der Waals surface area contributed by atoms with Gasteiger partial charge in [-0.25, -0.2) is 0 Å². The second-order valence-corrected chi connectivity index (χ2v) is 5.06. The van der Waals surface area contributed by atoms with E-state index in [1.54, 1.807) is 0 Å². The van der Waals surface area contributed by atoms with Gasteiger partial charge in [-0.15, -0.1) is 0 Å². The molecule has 2 heterocycles. The molecule has 0 bridgehead atoms. The number of nitrogens with zero attached hydrogens (tertiary/aromatic N) is 3. The van der Waals surface area contributed by atoms with Crippen LogP contribution < -0.4 is 5.73 Å². The molecule has 3 rings (SSSR count). The zero-order valence-electron chi connectivity index (χ0n) is 10.8. The van der Waals surface area contributed by atoms with Crippen molar-refractivity contribution in [3.05, 3.63) is 30.0 Å². The van der Waals surface area contributed by atoms with Crippen molar-refractivity contribution in [2.24, 2.45) is 5.73 Å². The number of rotatable bonds is 3. The molecule has 0 aliphatic carbocycles. The molecule has 96 valence electrons. The lowest BCUT2D eigenvalue weighted by molar-refractivity contribution is 0.322. The van der Waals surface area contributed by atoms with Crippen LogP contribution in [-0.2, 0) is 13.1 Å². The highest BCUT2D eigenvalue weighted by Crippen LogP contribution is 2.21. The second-order valence-electron chi connectivity index (χ2n) is 5.06. The highest BCUT2D eigenvalue weighted by Gasteiger charge is 2.21. The standard InChI is InChI=1S/C14H20N4/c1-2-18-14-6-4-3-5-12(14)13(16-18)10-17-8-7-11(15)9-17/h3-6,11H,2,7-10,15H2,1H3/t11-/m0/s1. The Hall–Kier alpha value is -1.39. The lowest BCUT2D eigenvalue weighted by Crippen LogP contribution is -2.26. The number of hydrogen-bond acceptors (Lipinski definition) is 3. The van der Waals surface area contributed by atoms with E-state index in [2.05, 4.69) is 40.8 Å². The van der Waals surface area contributed by atoms with E-state index in [9.17, 15) is 0 Å². The Labute approximate surface area is 107 Å². The van der Waals surface area contributed by atoms with Gasteiger partial charge in [0.2, 0.25) is 0 Å². The van der Waals surface area contributed by atoms with Crippen LogP contribution in [0.1, 0.15) is 19.0 Å². The van der Waals surface area contributed by atoms with Crippen LogP contribution in [0.4, 0.5) is 0 Å². The average molecular weight is 244 g/mol. The van der Waals surface area contributed by atoms with E-state index in [4.69, 9.17) is 10.8 Å². The number of para-hydroxylation sites is 1. The molecule has 0 spiro atoms. The first-order valence-electron chi connectivity index (χ1n) is 6.70. The molecule has 0 radical (unpaired) electrons. The maximum Gasteiger partial charge on any atom is 0.0843 e. The normalized spacial score (nSPS) is 20.9. The minimum Gasteiger partial charge on any atom is -0.326 e. The molecule has 2 N–H and O–H groups in total. The monoisotopic (exact) mass is 244 g/mol. The summed E-state index contributed by atoms with van der Waals surface area (Å²) in [6.45, 7) is 6.05. The molecule has 1 fully saturated rings. The van der Waals surface area contributed by atoms with Gasteiger partial charge in [-0.3, -0.25) is 9.58 Å². The molecule has 1 atom stereocenters. The SMILES string of the molecule is CCn1nc(CN2CC[C@H](N)C2)c2ccccc21. The lowest BCUT2D eigenvalue weighted by atomic mass is 10.2. The van der Waals surface area contributed by atoms with Crippen LogP contribution >= 0.6 is 0 Å². The predicted molar refractivity (Wildman–Crippen MR) is 73.3 cm³/mol. The van der Waals surface area contributed by atoms with E-state index < -0.39 is 0 Å². The third-order valence-corrected chi connectivity index (χ3v) is 3.72. The lowest BCUT2D eigenvalue weighted by Gasteiger charge is -2.13. The topological polar surface area (TPSA) is 47.1 Å². The van der Waals surface area contributed by atoms with E-state index in [-0.39, 0.29) is 0 Å². The number of benzene rings is 1. The molecule has 0 saturated carbocycles. The summed E-state index contributed by atoms with van der Waals surface area (Å²) in [4.78, 5) is 2.40. The van der Waals surface area contributed by atoms with Crippen molar-refractivity contribution in [2.75, 3.05) is 13.1 Å². The molecule has 1 aromatic carbocycles. The largest absolute Gasteiger partial charge is 0.326 e. The number of nitrogens with two attached hydrogens (primary N) is 1. The van der Waals surface area contributed by atoms with Crippen molar-refractivity contribution >= 4 is 10.9 Å². The Bertz CT molecular complexity index is 546. The molecule has 2 aromatic rings. The maximum absolute atomic E-state index is 5.96. The van der Waals surface area contributed by atoms with Crippen LogP contribution in [0.2, 0.25) is 0 Å². The van der Waals surface area contributed by atoms with Crippen molar-refractivity contribution < 1.29 is 0 Å². The van der Waals surface area contributed by atoms with Crippen LogP contribution in [-0.4, -0.2) is 33.8 Å². The van der Waals surface area contributed by atoms with Crippen LogP contribution in [0.15, 0.2) is 24.3 Å². The van der Waals surface area contributed by atoms with Gasteiger partial charge in [0.05, 0.1) is 11.2 Å². The fraction of sp³-hybridized carbons (Fsp3) is 0.500. The molecule has 1 saturated heterocycles. The minimum atomic E-state index is 0.338. The molecule has 4 nitrogen and oxygen atoms in total. The summed E-state index contributed by atoms with van der Waals surface area (Å²) in [5, 5.41) is 6.01. The van der Waals surface area contributed by atoms with Crippen LogP contribution in [0, 0.1) is 0 Å². The summed E-state index contributed by atoms with van der Waals surface area (Å²) in [5.74, 6) is 0. The van der Waals surface area contributed by atoms with Gasteiger partial charge in [-0.2, -0.15) is 5.10 Å². The summed E-state index contributed by atoms with van der Waals surface area (Å²) >= 11 is 0. The number of likely N-dealkylation sites (tertiary alicyclic amines) is 1. The summed E-state index contributed by atoms with van der Waals surface area (Å²) < 4.78 is 2.08. The summed E-state index contributed by atoms with van der Waals surface area (Å²) in [7, 11) is 0. The zero-order chi connectivity index (χ0) is 12.5. The number of hydrogen-bond donors (Lipinski definition) is 1. The van der Waals surface area contributed by atoms with Crippen molar-refractivity contribution in [1.29, 1.82) is 0 Å². The van der Waals surface area contributed by atoms with Crippen molar-refractivity contribution in [1.82, 2.24) is 14.7 Å². The Morgan fingerprint density at radius 2 is 2.22 bits per heavy atom. The summed E-state index contributed by atoms with van der Waals surface area (Å²) in [5.41, 5.74) is 8.37. The van der Waals surface area contributed by atoms with Crippen LogP contribution in [0.5, 0.6) is 0 Å². The highest BCUT2D eigenvalue weighted by atomic mass is 15.3. The van der Waals surface area contributed by atoms with E-state index in [1.165, 1.54) is 16.6 Å². The first-order valence-corrected chi connectivity index (χ1v) is 6.70. The third kappa shape index (κ3) is 2.02. The maximum atomic E-state index is 5.96. The first-order chi connectivity index (χ1) is 8.78. The van der Waals surface area contributed by atoms with Gasteiger partial charge in [0, 0.05) is 37.6 Å². The Kier molecular flexibility index (Phi) is 3.06. The molecular formula is C14H20N4. The van der Waals surface area contributed by atoms with Gasteiger partial charge in [0.25, 0.3) is 0 Å². The minimum absolute atomic E-state index is 0.338. The van der Waals surface area contributed by atoms with E-state index in [1.807, 2.05) is 0 Å². The number of fused-ring (bicyclic) bond motifs is 1. The molecule has 1 aliphatic heterocycles. The number of aromatic nitrogens is 2. The Balaban J connectivity index is 1.92. The van der Waals surface area contributed by atoms with Gasteiger partial charge < -0.3 is 5.73 Å². The van der Waals surface area contributed by atoms with Crippen molar-refractivity contribution in [3.8, 4) is 0 Å². The number of aryl methyl sites for hydroxylation is 1. The smallest absolute Gasteiger partial charge is 0.0843 e. The van der Waals surface area contributed by atoms with E-state index in [0.717, 1.165) is 32.6 Å². The first kappa shape index (κ1) is 11.7. The van der Waals surface area contributed by atoms with Gasteiger partial charge in [0.15, 0.2) is 0 Å². The molecule has 1 aromatic heterocycles. The van der Waals surface area contributed by atoms with Gasteiger partial charge in [0.1, 0.15) is 0 Å². The van der Waals surface area contributed by atoms with Gasteiger partial charge in [-0.1, -0.05) is 18.2 Å². The van der Waals surface area contributed by atoms with Gasteiger partial charge >= 0.3 is 0 Å². The molecule has 1 aliphatic rings. The fourth-order valence-corrected chi connectivity index (χ4v) is 2.77. The predicted octanol–water partition coefficient (Wildman–Crippen LogP) is 1.59. The van der Waals surface area contributed by atoms with Gasteiger partial charge in [-0.05, 0) is 19.4 Å². The molecule has 0 unspecified atom stereocenters. The highest BCUT2D eigenvalue weighted by molar-refractivity contribution is 5.81. The second kappa shape index (κ2) is 4.71. The van der Waals surface area contributed by atoms with Crippen LogP contribution in [0.3, 0.4) is 0 Å². The van der Waals surface area contributed by atoms with Crippen molar-refractivity contribution in [3.63, 3.8) is 0 Å². The van der Waals surface area contributed by atoms with Crippen LogP contribution in [0.25, 0.3) is 10.9 Å². The molecular weight excluding hydrogens is 224 g/mol.